The summed E-state index contributed by atoms with van der Waals surface area (Å²) in [4.78, 5) is 50.4. The maximum absolute atomic E-state index is 13.0. The van der Waals surface area contributed by atoms with Gasteiger partial charge in [0.25, 0.3) is 11.8 Å². The Balaban J connectivity index is 1.36. The van der Waals surface area contributed by atoms with Crippen LogP contribution >= 0.6 is 23.2 Å². The molecule has 0 radical (unpaired) electrons. The number of carboxylic acid groups (broad SMARTS) is 1. The molecule has 0 saturated carbocycles. The van der Waals surface area contributed by atoms with Gasteiger partial charge in [0, 0.05) is 12.1 Å². The van der Waals surface area contributed by atoms with Crippen molar-refractivity contribution in [2.24, 2.45) is 0 Å². The van der Waals surface area contributed by atoms with E-state index in [1.54, 1.807) is 0 Å². The molecule has 2 atom stereocenters. The highest BCUT2D eigenvalue weighted by molar-refractivity contribution is 6.40. The molecule has 4 rings (SSSR count). The summed E-state index contributed by atoms with van der Waals surface area (Å²) in [5, 5.41) is 20.0. The quantitative estimate of drug-likeness (QED) is 0.213. The average Bonchev–Trinajstić information content (AvgIpc) is 2.95. The Kier molecular flexibility index (Phi) is 9.98. The van der Waals surface area contributed by atoms with E-state index in [2.05, 4.69) is 41.2 Å². The Morgan fingerprint density at radius 3 is 2.33 bits per heavy atom. The average molecular weight is 626 g/mol. The topological polar surface area (TPSA) is 137 Å². The molecule has 3 aromatic rings. The number of rotatable bonds is 9. The normalized spacial score (nSPS) is 15.9. The summed E-state index contributed by atoms with van der Waals surface area (Å²) in [6.07, 6.45) is 1.60. The van der Waals surface area contributed by atoms with E-state index in [-0.39, 0.29) is 45.7 Å². The third-order valence-electron chi connectivity index (χ3n) is 7.57. The van der Waals surface area contributed by atoms with Gasteiger partial charge in [0.05, 0.1) is 28.2 Å². The number of urea groups is 1. The predicted molar refractivity (Wildman–Crippen MR) is 166 cm³/mol. The van der Waals surface area contributed by atoms with Gasteiger partial charge in [-0.25, -0.2) is 9.59 Å². The predicted octanol–water partition coefficient (Wildman–Crippen LogP) is 5.53. The lowest BCUT2D eigenvalue weighted by molar-refractivity contribution is -0.139. The van der Waals surface area contributed by atoms with Gasteiger partial charge >= 0.3 is 12.0 Å². The molecule has 226 valence electrons. The van der Waals surface area contributed by atoms with Crippen LogP contribution in [0.4, 0.5) is 4.79 Å². The van der Waals surface area contributed by atoms with Gasteiger partial charge in [-0.2, -0.15) is 0 Å². The van der Waals surface area contributed by atoms with Crippen molar-refractivity contribution in [1.29, 1.82) is 0 Å². The van der Waals surface area contributed by atoms with Gasteiger partial charge in [-0.15, -0.1) is 0 Å². The molecule has 0 aliphatic heterocycles. The first-order valence-corrected chi connectivity index (χ1v) is 14.6. The molecule has 0 bridgehead atoms. The van der Waals surface area contributed by atoms with Crippen LogP contribution in [0.3, 0.4) is 0 Å². The van der Waals surface area contributed by atoms with E-state index in [1.807, 2.05) is 49.4 Å². The summed E-state index contributed by atoms with van der Waals surface area (Å²) in [6, 6.07) is 15.9. The second kappa shape index (κ2) is 13.5. The number of hydrogen-bond acceptors (Lipinski definition) is 4. The van der Waals surface area contributed by atoms with E-state index in [1.165, 1.54) is 12.1 Å². The lowest BCUT2D eigenvalue weighted by atomic mass is 9.71. The molecule has 3 aromatic carbocycles. The van der Waals surface area contributed by atoms with Crippen LogP contribution in [0.15, 0.2) is 60.7 Å². The number of aryl methyl sites for hydroxylation is 1. The molecular weight excluding hydrogens is 591 g/mol. The third-order valence-corrected chi connectivity index (χ3v) is 8.16. The molecule has 0 heterocycles. The van der Waals surface area contributed by atoms with E-state index < -0.39 is 29.9 Å². The van der Waals surface area contributed by atoms with Gasteiger partial charge in [-0.3, -0.25) is 9.59 Å². The number of fused-ring (bicyclic) bond motifs is 1. The van der Waals surface area contributed by atoms with Crippen molar-refractivity contribution in [2.75, 3.05) is 6.54 Å². The number of hydrogen-bond donors (Lipinski definition) is 5. The fourth-order valence-electron chi connectivity index (χ4n) is 5.22. The van der Waals surface area contributed by atoms with Gasteiger partial charge in [0.1, 0.15) is 6.04 Å². The van der Waals surface area contributed by atoms with Crippen molar-refractivity contribution in [3.05, 3.63) is 104 Å². The zero-order valence-corrected chi connectivity index (χ0v) is 25.6. The minimum Gasteiger partial charge on any atom is -0.480 e. The van der Waals surface area contributed by atoms with E-state index in [0.29, 0.717) is 0 Å². The van der Waals surface area contributed by atoms with Crippen LogP contribution in [-0.2, 0) is 16.8 Å². The van der Waals surface area contributed by atoms with Gasteiger partial charge in [-0.05, 0) is 54.0 Å². The van der Waals surface area contributed by atoms with Crippen LogP contribution in [0.5, 0.6) is 0 Å². The summed E-state index contributed by atoms with van der Waals surface area (Å²) in [7, 11) is 0. The number of carbonyl (C=O) groups excluding carboxylic acids is 3. The number of aliphatic carboxylic acids is 1. The number of carboxylic acids is 1. The first-order valence-electron chi connectivity index (χ1n) is 13.9. The summed E-state index contributed by atoms with van der Waals surface area (Å²) >= 11 is 12.6. The van der Waals surface area contributed by atoms with E-state index in [9.17, 15) is 24.3 Å². The third kappa shape index (κ3) is 7.86. The molecule has 11 heteroatoms. The van der Waals surface area contributed by atoms with Gasteiger partial charge in [-0.1, -0.05) is 91.1 Å². The lowest BCUT2D eigenvalue weighted by Crippen LogP contribution is -2.51. The van der Waals surface area contributed by atoms with Crippen LogP contribution in [0.1, 0.15) is 75.7 Å². The van der Waals surface area contributed by atoms with Crippen molar-refractivity contribution in [3.8, 4) is 0 Å². The smallest absolute Gasteiger partial charge is 0.328 e. The fraction of sp³-hybridized carbons (Fsp3) is 0.312. The molecule has 1 aliphatic rings. The number of halogens is 2. The molecule has 1 unspecified atom stereocenters. The molecule has 0 fully saturated rings. The number of benzene rings is 3. The van der Waals surface area contributed by atoms with Crippen molar-refractivity contribution < 1.29 is 24.3 Å². The molecule has 0 aromatic heterocycles. The Bertz CT molecular complexity index is 1540. The van der Waals surface area contributed by atoms with Gasteiger partial charge in [0.15, 0.2) is 0 Å². The Morgan fingerprint density at radius 1 is 0.953 bits per heavy atom. The summed E-state index contributed by atoms with van der Waals surface area (Å²) in [6.45, 7) is 6.17. The summed E-state index contributed by atoms with van der Waals surface area (Å²) in [5.41, 5.74) is 4.09. The first kappa shape index (κ1) is 31.8. The van der Waals surface area contributed by atoms with E-state index in [4.69, 9.17) is 23.2 Å². The number of carbonyl (C=O) groups is 4. The zero-order valence-electron chi connectivity index (χ0n) is 24.1. The van der Waals surface area contributed by atoms with Crippen molar-refractivity contribution in [3.63, 3.8) is 0 Å². The first-order chi connectivity index (χ1) is 20.4. The maximum atomic E-state index is 13.0. The molecule has 0 spiro atoms. The largest absolute Gasteiger partial charge is 0.480 e. The molecule has 4 amide bonds. The van der Waals surface area contributed by atoms with Crippen LogP contribution < -0.4 is 21.3 Å². The number of amides is 4. The van der Waals surface area contributed by atoms with Crippen LogP contribution in [0.25, 0.3) is 0 Å². The Morgan fingerprint density at radius 2 is 1.65 bits per heavy atom. The second-order valence-electron chi connectivity index (χ2n) is 11.3. The number of nitrogens with one attached hydrogen (secondary N) is 4. The van der Waals surface area contributed by atoms with Crippen molar-refractivity contribution >= 4 is 47.0 Å². The molecule has 1 aliphatic carbocycles. The standard InChI is InChI=1S/C32H34Cl2N4O5/c1-18-7-6-8-19(13-18)16-35-28(39)20-14-23(33)27(24(34)15-20)29(40)37-26(30(41)42)17-36-31(43)38-25-11-12-32(2,3)22-10-5-4-9-21(22)25/h4-10,13-15,25-26H,11-12,16-17H2,1-3H3,(H,35,39)(H,37,40)(H,41,42)(H2,36,38,43)/t25?,26-/m0/s1. The minimum absolute atomic E-state index is 0.0180. The molecular formula is C32H34Cl2N4O5. The van der Waals surface area contributed by atoms with Gasteiger partial charge < -0.3 is 26.4 Å². The minimum atomic E-state index is -1.47. The molecule has 9 nitrogen and oxygen atoms in total. The lowest BCUT2D eigenvalue weighted by Gasteiger charge is -2.37. The summed E-state index contributed by atoms with van der Waals surface area (Å²) in [5.74, 6) is -2.67. The highest BCUT2D eigenvalue weighted by Crippen LogP contribution is 2.41. The van der Waals surface area contributed by atoms with Crippen LogP contribution in [-0.4, -0.2) is 41.5 Å². The molecule has 43 heavy (non-hydrogen) atoms. The molecule has 0 saturated heterocycles. The Labute approximate surface area is 260 Å². The fourth-order valence-corrected chi connectivity index (χ4v) is 5.88. The Hall–Kier alpha value is -4.08. The van der Waals surface area contributed by atoms with Crippen LogP contribution in [0.2, 0.25) is 10.0 Å². The SMILES string of the molecule is Cc1cccc(CNC(=O)c2cc(Cl)c(C(=O)N[C@@H](CNC(=O)NC3CCC(C)(C)c4ccccc43)C(=O)O)c(Cl)c2)c1. The second-order valence-corrected chi connectivity index (χ2v) is 12.1. The monoisotopic (exact) mass is 624 g/mol. The van der Waals surface area contributed by atoms with Crippen molar-refractivity contribution in [1.82, 2.24) is 21.3 Å². The summed E-state index contributed by atoms with van der Waals surface area (Å²) < 4.78 is 0. The van der Waals surface area contributed by atoms with E-state index >= 15 is 0 Å². The zero-order chi connectivity index (χ0) is 31.3. The van der Waals surface area contributed by atoms with E-state index in [0.717, 1.165) is 35.1 Å². The maximum Gasteiger partial charge on any atom is 0.328 e. The van der Waals surface area contributed by atoms with Gasteiger partial charge in [0.2, 0.25) is 0 Å². The highest BCUT2D eigenvalue weighted by atomic mass is 35.5. The van der Waals surface area contributed by atoms with Crippen molar-refractivity contribution in [2.45, 2.75) is 57.7 Å². The molecule has 5 N–H and O–H groups in total. The highest BCUT2D eigenvalue weighted by Gasteiger charge is 2.33. The van der Waals surface area contributed by atoms with Crippen LogP contribution in [0, 0.1) is 6.92 Å².